The van der Waals surface area contributed by atoms with E-state index >= 15 is 0 Å². The van der Waals surface area contributed by atoms with Crippen LogP contribution in [0.1, 0.15) is 19.4 Å². The molecule has 1 aromatic carbocycles. The van der Waals surface area contributed by atoms with E-state index in [0.29, 0.717) is 6.61 Å². The lowest BCUT2D eigenvalue weighted by Crippen LogP contribution is -2.52. The first-order valence-corrected chi connectivity index (χ1v) is 7.40. The van der Waals surface area contributed by atoms with Crippen molar-refractivity contribution in [1.29, 1.82) is 0 Å². The van der Waals surface area contributed by atoms with E-state index in [0.717, 1.165) is 5.56 Å². The van der Waals surface area contributed by atoms with Gasteiger partial charge >= 0.3 is 0 Å². The van der Waals surface area contributed by atoms with E-state index in [4.69, 9.17) is 18.9 Å². The Kier molecular flexibility index (Phi) is 4.24. The highest BCUT2D eigenvalue weighted by Gasteiger charge is 2.62. The summed E-state index contributed by atoms with van der Waals surface area (Å²) in [6.45, 7) is 3.18. The summed E-state index contributed by atoms with van der Waals surface area (Å²) in [6, 6.07) is 9.68. The molecule has 1 aromatic rings. The molecule has 0 aromatic heterocycles. The predicted molar refractivity (Wildman–Crippen MR) is 76.8 cm³/mol. The van der Waals surface area contributed by atoms with Crippen LogP contribution in [0.25, 0.3) is 0 Å². The fraction of sp³-hybridized carbons (Fsp3) is 0.625. The van der Waals surface area contributed by atoms with E-state index in [1.807, 2.05) is 30.3 Å². The Bertz CT molecular complexity index is 499. The number of fused-ring (bicyclic) bond motifs is 1. The third kappa shape index (κ3) is 2.78. The summed E-state index contributed by atoms with van der Waals surface area (Å²) in [6.07, 6.45) is -1.76. The molecule has 0 spiro atoms. The molecule has 0 radical (unpaired) electrons. The van der Waals surface area contributed by atoms with Crippen molar-refractivity contribution in [1.82, 2.24) is 0 Å². The van der Waals surface area contributed by atoms with Crippen molar-refractivity contribution in [2.45, 2.75) is 50.3 Å². The molecule has 22 heavy (non-hydrogen) atoms. The Morgan fingerprint density at radius 1 is 1.05 bits per heavy atom. The fourth-order valence-electron chi connectivity index (χ4n) is 2.96. The molecule has 6 nitrogen and oxygen atoms in total. The van der Waals surface area contributed by atoms with Crippen molar-refractivity contribution >= 4 is 0 Å². The Balaban J connectivity index is 1.77. The number of hydrogen-bond acceptors (Lipinski definition) is 6. The van der Waals surface area contributed by atoms with Crippen LogP contribution >= 0.6 is 0 Å². The second kappa shape index (κ2) is 5.88. The van der Waals surface area contributed by atoms with Gasteiger partial charge in [0.1, 0.15) is 17.8 Å². The van der Waals surface area contributed by atoms with Crippen LogP contribution in [0.2, 0.25) is 0 Å². The molecular weight excluding hydrogens is 288 g/mol. The van der Waals surface area contributed by atoms with Gasteiger partial charge in [-0.25, -0.2) is 0 Å². The standard InChI is InChI=1S/C16H22O6/c1-15(2)20-12-13(19-8-11-6-4-3-5-7-11)16(9-17,10-18)22-14(12)21-15/h3-7,12-14,17-18H,8-10H2,1-2H3/t12-,13?,14+/m0/s1. The third-order valence-corrected chi connectivity index (χ3v) is 4.06. The molecule has 1 unspecified atom stereocenters. The molecule has 122 valence electrons. The zero-order valence-electron chi connectivity index (χ0n) is 12.8. The fourth-order valence-corrected chi connectivity index (χ4v) is 2.96. The number of benzene rings is 1. The smallest absolute Gasteiger partial charge is 0.190 e. The first-order chi connectivity index (χ1) is 10.5. The van der Waals surface area contributed by atoms with E-state index in [-0.39, 0.29) is 13.2 Å². The minimum atomic E-state index is -1.22. The van der Waals surface area contributed by atoms with Gasteiger partial charge in [0.15, 0.2) is 12.1 Å². The topological polar surface area (TPSA) is 77.4 Å². The number of ether oxygens (including phenoxy) is 4. The van der Waals surface area contributed by atoms with Crippen LogP contribution in [0.3, 0.4) is 0 Å². The molecule has 2 aliphatic heterocycles. The summed E-state index contributed by atoms with van der Waals surface area (Å²) in [4.78, 5) is 0. The molecular formula is C16H22O6. The molecule has 0 saturated carbocycles. The van der Waals surface area contributed by atoms with Crippen molar-refractivity contribution in [3.05, 3.63) is 35.9 Å². The molecule has 3 atom stereocenters. The van der Waals surface area contributed by atoms with E-state index in [9.17, 15) is 10.2 Å². The van der Waals surface area contributed by atoms with E-state index < -0.39 is 29.9 Å². The molecule has 0 bridgehead atoms. The summed E-state index contributed by atoms with van der Waals surface area (Å²) in [7, 11) is 0. The zero-order chi connectivity index (χ0) is 15.8. The minimum absolute atomic E-state index is 0.337. The van der Waals surface area contributed by atoms with Crippen LogP contribution in [0, 0.1) is 0 Å². The highest BCUT2D eigenvalue weighted by atomic mass is 16.8. The molecule has 3 rings (SSSR count). The minimum Gasteiger partial charge on any atom is -0.393 e. The average molecular weight is 310 g/mol. The van der Waals surface area contributed by atoms with Crippen molar-refractivity contribution < 1.29 is 29.2 Å². The number of rotatable bonds is 5. The van der Waals surface area contributed by atoms with Gasteiger partial charge in [-0.15, -0.1) is 0 Å². The molecule has 2 aliphatic rings. The summed E-state index contributed by atoms with van der Waals surface area (Å²) in [5, 5.41) is 19.4. The van der Waals surface area contributed by atoms with Gasteiger partial charge in [0, 0.05) is 0 Å². The Hall–Kier alpha value is -1.02. The van der Waals surface area contributed by atoms with Crippen LogP contribution in [0.15, 0.2) is 30.3 Å². The van der Waals surface area contributed by atoms with E-state index in [1.165, 1.54) is 0 Å². The molecule has 2 saturated heterocycles. The second-order valence-corrected chi connectivity index (χ2v) is 6.18. The van der Waals surface area contributed by atoms with Gasteiger partial charge < -0.3 is 29.2 Å². The molecule has 0 aliphatic carbocycles. The van der Waals surface area contributed by atoms with E-state index in [1.54, 1.807) is 13.8 Å². The molecule has 0 amide bonds. The molecule has 2 N–H and O–H groups in total. The monoisotopic (exact) mass is 310 g/mol. The largest absolute Gasteiger partial charge is 0.393 e. The van der Waals surface area contributed by atoms with Crippen LogP contribution in [-0.2, 0) is 25.6 Å². The Morgan fingerprint density at radius 3 is 2.36 bits per heavy atom. The SMILES string of the molecule is CC1(C)O[C@@H]2OC(CO)(CO)C(OCc3ccccc3)[C@@H]2O1. The Labute approximate surface area is 129 Å². The normalized spacial score (nSPS) is 32.1. The lowest BCUT2D eigenvalue weighted by molar-refractivity contribution is -0.258. The van der Waals surface area contributed by atoms with Gasteiger partial charge in [0.25, 0.3) is 0 Å². The van der Waals surface area contributed by atoms with Gasteiger partial charge in [-0.05, 0) is 19.4 Å². The van der Waals surface area contributed by atoms with Gasteiger partial charge in [-0.3, -0.25) is 0 Å². The molecule has 2 heterocycles. The lowest BCUT2D eigenvalue weighted by Gasteiger charge is -2.33. The van der Waals surface area contributed by atoms with Crippen molar-refractivity contribution in [3.63, 3.8) is 0 Å². The van der Waals surface area contributed by atoms with Gasteiger partial charge in [0.05, 0.1) is 19.8 Å². The van der Waals surface area contributed by atoms with Crippen LogP contribution in [0.4, 0.5) is 0 Å². The predicted octanol–water partition coefficient (Wildman–Crippen LogP) is 0.803. The first kappa shape index (κ1) is 15.9. The van der Waals surface area contributed by atoms with Gasteiger partial charge in [-0.1, -0.05) is 30.3 Å². The highest BCUT2D eigenvalue weighted by Crippen LogP contribution is 2.43. The van der Waals surface area contributed by atoms with E-state index in [2.05, 4.69) is 0 Å². The van der Waals surface area contributed by atoms with Gasteiger partial charge in [0.2, 0.25) is 0 Å². The van der Waals surface area contributed by atoms with Gasteiger partial charge in [-0.2, -0.15) is 0 Å². The number of hydrogen-bond donors (Lipinski definition) is 2. The van der Waals surface area contributed by atoms with Crippen LogP contribution in [0.5, 0.6) is 0 Å². The number of aliphatic hydroxyl groups excluding tert-OH is 2. The average Bonchev–Trinajstić information content (AvgIpc) is 2.95. The Morgan fingerprint density at radius 2 is 1.73 bits per heavy atom. The van der Waals surface area contributed by atoms with Crippen molar-refractivity contribution in [2.75, 3.05) is 13.2 Å². The van der Waals surface area contributed by atoms with Crippen LogP contribution in [-0.4, -0.2) is 53.3 Å². The summed E-state index contributed by atoms with van der Waals surface area (Å²) < 4.78 is 23.2. The maximum Gasteiger partial charge on any atom is 0.190 e. The maximum atomic E-state index is 9.69. The summed E-state index contributed by atoms with van der Waals surface area (Å²) in [5.41, 5.74) is -0.227. The molecule has 6 heteroatoms. The quantitative estimate of drug-likeness (QED) is 0.838. The number of aliphatic hydroxyl groups is 2. The van der Waals surface area contributed by atoms with Crippen LogP contribution < -0.4 is 0 Å². The lowest BCUT2D eigenvalue weighted by atomic mass is 9.97. The highest BCUT2D eigenvalue weighted by molar-refractivity contribution is 5.14. The molecule has 2 fully saturated rings. The maximum absolute atomic E-state index is 9.69. The third-order valence-electron chi connectivity index (χ3n) is 4.06. The summed E-state index contributed by atoms with van der Waals surface area (Å²) >= 11 is 0. The van der Waals surface area contributed by atoms with Crippen molar-refractivity contribution in [3.8, 4) is 0 Å². The van der Waals surface area contributed by atoms with Crippen molar-refractivity contribution in [2.24, 2.45) is 0 Å². The first-order valence-electron chi connectivity index (χ1n) is 7.40. The summed E-state index contributed by atoms with van der Waals surface area (Å²) in [5.74, 6) is -0.777. The zero-order valence-corrected chi connectivity index (χ0v) is 12.8. The second-order valence-electron chi connectivity index (χ2n) is 6.18.